The molecule has 3 aromatic rings. The van der Waals surface area contributed by atoms with Crippen molar-refractivity contribution in [2.45, 2.75) is 13.0 Å². The Morgan fingerprint density at radius 2 is 2.05 bits per heavy atom. The molecule has 0 aliphatic heterocycles. The van der Waals surface area contributed by atoms with Crippen LogP contribution >= 0.6 is 11.3 Å². The van der Waals surface area contributed by atoms with Gasteiger partial charge >= 0.3 is 0 Å². The van der Waals surface area contributed by atoms with Crippen LogP contribution in [-0.4, -0.2) is 25.1 Å². The van der Waals surface area contributed by atoms with Crippen molar-refractivity contribution >= 4 is 11.3 Å². The van der Waals surface area contributed by atoms with Gasteiger partial charge in [-0.05, 0) is 5.56 Å². The topological polar surface area (TPSA) is 63.8 Å². The van der Waals surface area contributed by atoms with Crippen molar-refractivity contribution in [2.75, 3.05) is 0 Å². The van der Waals surface area contributed by atoms with E-state index in [1.807, 2.05) is 35.7 Å². The van der Waals surface area contributed by atoms with Gasteiger partial charge in [-0.25, -0.2) is 4.98 Å². The number of aromatic nitrogens is 4. The molecule has 19 heavy (non-hydrogen) atoms. The van der Waals surface area contributed by atoms with Crippen LogP contribution in [0.2, 0.25) is 0 Å². The SMILES string of the molecule is OCc1nnn(-c2nccs2)c1Cc1ccccc1. The van der Waals surface area contributed by atoms with Crippen molar-refractivity contribution in [1.29, 1.82) is 0 Å². The molecular weight excluding hydrogens is 260 g/mol. The Labute approximate surface area is 114 Å². The number of hydrogen-bond donors (Lipinski definition) is 1. The molecular formula is C13H12N4OS. The third kappa shape index (κ3) is 2.40. The summed E-state index contributed by atoms with van der Waals surface area (Å²) in [7, 11) is 0. The molecule has 1 N–H and O–H groups in total. The molecule has 0 aliphatic carbocycles. The first kappa shape index (κ1) is 12.0. The fraction of sp³-hybridized carbons (Fsp3) is 0.154. The van der Waals surface area contributed by atoms with Crippen molar-refractivity contribution in [3.05, 3.63) is 58.9 Å². The van der Waals surface area contributed by atoms with Gasteiger partial charge in [-0.1, -0.05) is 35.5 Å². The van der Waals surface area contributed by atoms with Gasteiger partial charge in [-0.3, -0.25) is 0 Å². The van der Waals surface area contributed by atoms with Gasteiger partial charge in [0.2, 0.25) is 5.13 Å². The number of thiazole rings is 1. The average molecular weight is 272 g/mol. The highest BCUT2D eigenvalue weighted by Crippen LogP contribution is 2.18. The first-order valence-corrected chi connectivity index (χ1v) is 6.74. The highest BCUT2D eigenvalue weighted by atomic mass is 32.1. The lowest BCUT2D eigenvalue weighted by atomic mass is 10.1. The Balaban J connectivity index is 2.01. The second kappa shape index (κ2) is 5.29. The summed E-state index contributed by atoms with van der Waals surface area (Å²) in [5.41, 5.74) is 2.63. The molecule has 0 saturated carbocycles. The smallest absolute Gasteiger partial charge is 0.211 e. The zero-order chi connectivity index (χ0) is 13.1. The van der Waals surface area contributed by atoms with E-state index in [-0.39, 0.29) is 6.61 Å². The number of rotatable bonds is 4. The summed E-state index contributed by atoms with van der Waals surface area (Å²) in [6.07, 6.45) is 2.40. The first-order chi connectivity index (χ1) is 9.38. The Kier molecular flexibility index (Phi) is 3.35. The van der Waals surface area contributed by atoms with Crippen molar-refractivity contribution in [3.8, 4) is 5.13 Å². The average Bonchev–Trinajstić information content (AvgIpc) is 3.08. The summed E-state index contributed by atoms with van der Waals surface area (Å²) >= 11 is 1.49. The van der Waals surface area contributed by atoms with Crippen LogP contribution in [0.5, 0.6) is 0 Å². The first-order valence-electron chi connectivity index (χ1n) is 5.86. The molecule has 0 aliphatic rings. The standard InChI is InChI=1S/C13H12N4OS/c18-9-11-12(8-10-4-2-1-3-5-10)17(16-15-11)13-14-6-7-19-13/h1-7,18H,8-9H2. The van der Waals surface area contributed by atoms with Crippen molar-refractivity contribution < 1.29 is 5.11 Å². The van der Waals surface area contributed by atoms with Gasteiger partial charge < -0.3 is 5.11 Å². The van der Waals surface area contributed by atoms with Crippen LogP contribution in [-0.2, 0) is 13.0 Å². The monoisotopic (exact) mass is 272 g/mol. The second-order valence-electron chi connectivity index (χ2n) is 4.03. The van der Waals surface area contributed by atoms with Crippen LogP contribution in [0.15, 0.2) is 41.9 Å². The number of benzene rings is 1. The number of hydrogen-bond acceptors (Lipinski definition) is 5. The lowest BCUT2D eigenvalue weighted by Gasteiger charge is -2.04. The molecule has 0 amide bonds. The summed E-state index contributed by atoms with van der Waals surface area (Å²) in [5.74, 6) is 0. The van der Waals surface area contributed by atoms with Gasteiger partial charge in [-0.2, -0.15) is 4.68 Å². The Morgan fingerprint density at radius 1 is 1.21 bits per heavy atom. The van der Waals surface area contributed by atoms with E-state index in [1.54, 1.807) is 10.9 Å². The maximum absolute atomic E-state index is 9.37. The van der Waals surface area contributed by atoms with Gasteiger partial charge in [0.15, 0.2) is 0 Å². The lowest BCUT2D eigenvalue weighted by Crippen LogP contribution is -2.04. The Bertz CT molecular complexity index is 649. The molecule has 5 nitrogen and oxygen atoms in total. The molecule has 96 valence electrons. The van der Waals surface area contributed by atoms with Gasteiger partial charge in [0, 0.05) is 18.0 Å². The molecule has 0 atom stereocenters. The molecule has 0 unspecified atom stereocenters. The third-order valence-electron chi connectivity index (χ3n) is 2.81. The van der Waals surface area contributed by atoms with Crippen molar-refractivity contribution in [1.82, 2.24) is 20.0 Å². The predicted molar refractivity (Wildman–Crippen MR) is 72.2 cm³/mol. The van der Waals surface area contributed by atoms with Gasteiger partial charge in [0.25, 0.3) is 0 Å². The maximum Gasteiger partial charge on any atom is 0.211 e. The van der Waals surface area contributed by atoms with Crippen molar-refractivity contribution in [2.24, 2.45) is 0 Å². The quantitative estimate of drug-likeness (QED) is 0.786. The van der Waals surface area contributed by atoms with E-state index in [4.69, 9.17) is 0 Å². The molecule has 0 spiro atoms. The predicted octanol–water partition coefficient (Wildman–Crippen LogP) is 1.81. The van der Waals surface area contributed by atoms with E-state index in [2.05, 4.69) is 15.3 Å². The Hall–Kier alpha value is -2.05. The van der Waals surface area contributed by atoms with Crippen molar-refractivity contribution in [3.63, 3.8) is 0 Å². The van der Waals surface area contributed by atoms with Crippen LogP contribution in [0.1, 0.15) is 17.0 Å². The van der Waals surface area contributed by atoms with E-state index >= 15 is 0 Å². The van der Waals surface area contributed by atoms with E-state index in [0.29, 0.717) is 12.1 Å². The van der Waals surface area contributed by atoms with E-state index < -0.39 is 0 Å². The van der Waals surface area contributed by atoms with Crippen LogP contribution in [0.3, 0.4) is 0 Å². The minimum absolute atomic E-state index is 0.118. The summed E-state index contributed by atoms with van der Waals surface area (Å²) in [5, 5.41) is 20.1. The lowest BCUT2D eigenvalue weighted by molar-refractivity contribution is 0.275. The molecule has 0 bridgehead atoms. The van der Waals surface area contributed by atoms with Crippen LogP contribution in [0.4, 0.5) is 0 Å². The molecule has 0 saturated heterocycles. The molecule has 0 radical (unpaired) electrons. The highest BCUT2D eigenvalue weighted by Gasteiger charge is 2.15. The van der Waals surface area contributed by atoms with E-state index in [1.165, 1.54) is 11.3 Å². The summed E-state index contributed by atoms with van der Waals surface area (Å²) < 4.78 is 1.70. The zero-order valence-corrected chi connectivity index (χ0v) is 10.9. The number of nitrogens with zero attached hydrogens (tertiary/aromatic N) is 4. The number of aliphatic hydroxyl groups is 1. The Morgan fingerprint density at radius 3 is 2.74 bits per heavy atom. The largest absolute Gasteiger partial charge is 0.390 e. The molecule has 0 fully saturated rings. The molecule has 1 aromatic carbocycles. The van der Waals surface area contributed by atoms with E-state index in [0.717, 1.165) is 16.4 Å². The fourth-order valence-corrected chi connectivity index (χ4v) is 2.51. The summed E-state index contributed by atoms with van der Waals surface area (Å²) in [6.45, 7) is -0.118. The molecule has 3 rings (SSSR count). The molecule has 2 heterocycles. The molecule has 2 aromatic heterocycles. The minimum atomic E-state index is -0.118. The van der Waals surface area contributed by atoms with Gasteiger partial charge in [0.05, 0.1) is 12.3 Å². The van der Waals surface area contributed by atoms with E-state index in [9.17, 15) is 5.11 Å². The van der Waals surface area contributed by atoms with Crippen LogP contribution < -0.4 is 0 Å². The highest BCUT2D eigenvalue weighted by molar-refractivity contribution is 7.12. The third-order valence-corrected chi connectivity index (χ3v) is 3.56. The fourth-order valence-electron chi connectivity index (χ4n) is 1.90. The summed E-state index contributed by atoms with van der Waals surface area (Å²) in [6, 6.07) is 10.0. The normalized spacial score (nSPS) is 10.8. The van der Waals surface area contributed by atoms with Crippen LogP contribution in [0, 0.1) is 0 Å². The minimum Gasteiger partial charge on any atom is -0.390 e. The van der Waals surface area contributed by atoms with Gasteiger partial charge in [0.1, 0.15) is 5.69 Å². The second-order valence-corrected chi connectivity index (χ2v) is 4.90. The summed E-state index contributed by atoms with van der Waals surface area (Å²) in [4.78, 5) is 4.23. The zero-order valence-electron chi connectivity index (χ0n) is 10.1. The molecule has 6 heteroatoms. The maximum atomic E-state index is 9.37. The van der Waals surface area contributed by atoms with Gasteiger partial charge in [-0.15, -0.1) is 16.4 Å². The number of aliphatic hydroxyl groups excluding tert-OH is 1. The van der Waals surface area contributed by atoms with Crippen LogP contribution in [0.25, 0.3) is 5.13 Å².